The number of hydrogen-bond donors (Lipinski definition) is 0. The molecule has 1 aliphatic heterocycles. The van der Waals surface area contributed by atoms with Gasteiger partial charge in [0.05, 0.1) is 13.2 Å². The standard InChI is InChI=1S/C16H14O7S2/c1-10-5-6-11-3-2-4-12-14(11)13(10)9-16(15(12)17)24(18,19)22-7-8-23-25(16,20)21/h2-6H,7-9H2,1H3. The predicted octanol–water partition coefficient (Wildman–Crippen LogP) is 1.29. The van der Waals surface area contributed by atoms with Crippen molar-refractivity contribution in [3.8, 4) is 0 Å². The summed E-state index contributed by atoms with van der Waals surface area (Å²) in [4.78, 5) is 13.2. The first kappa shape index (κ1) is 16.6. The third-order valence-electron chi connectivity index (χ3n) is 4.76. The summed E-state index contributed by atoms with van der Waals surface area (Å²) in [5.74, 6) is -1.03. The number of Topliss-reactive ketones (excluding diaryl/α,β-unsaturated/α-hetero) is 1. The van der Waals surface area contributed by atoms with E-state index in [1.54, 1.807) is 25.1 Å². The minimum atomic E-state index is -4.76. The van der Waals surface area contributed by atoms with E-state index in [9.17, 15) is 21.6 Å². The molecule has 1 heterocycles. The maximum absolute atomic E-state index is 13.2. The fourth-order valence-electron chi connectivity index (χ4n) is 3.50. The first-order valence-corrected chi connectivity index (χ1v) is 10.4. The van der Waals surface area contributed by atoms with Gasteiger partial charge in [0, 0.05) is 12.0 Å². The van der Waals surface area contributed by atoms with Crippen LogP contribution in [0.4, 0.5) is 0 Å². The number of benzene rings is 2. The van der Waals surface area contributed by atoms with E-state index in [-0.39, 0.29) is 5.56 Å². The average Bonchev–Trinajstić information content (AvgIpc) is 2.64. The van der Waals surface area contributed by atoms with E-state index in [1.165, 1.54) is 6.07 Å². The largest absolute Gasteiger partial charge is 0.298 e. The van der Waals surface area contributed by atoms with Crippen molar-refractivity contribution in [2.24, 2.45) is 0 Å². The molecule has 4 rings (SSSR count). The van der Waals surface area contributed by atoms with Crippen LogP contribution in [0.15, 0.2) is 30.3 Å². The highest BCUT2D eigenvalue weighted by molar-refractivity contribution is 8.07. The Labute approximate surface area is 144 Å². The Morgan fingerprint density at radius 1 is 0.960 bits per heavy atom. The molecule has 1 fully saturated rings. The molecule has 0 amide bonds. The molecular weight excluding hydrogens is 368 g/mol. The molecule has 9 heteroatoms. The van der Waals surface area contributed by atoms with Crippen molar-refractivity contribution in [3.63, 3.8) is 0 Å². The summed E-state index contributed by atoms with van der Waals surface area (Å²) in [6.45, 7) is 0.829. The third-order valence-corrected chi connectivity index (χ3v) is 9.21. The summed E-state index contributed by atoms with van der Waals surface area (Å²) < 4.78 is 57.7. The summed E-state index contributed by atoms with van der Waals surface area (Å²) in [6, 6.07) is 8.39. The molecule has 0 unspecified atom stereocenters. The van der Waals surface area contributed by atoms with E-state index in [4.69, 9.17) is 8.37 Å². The lowest BCUT2D eigenvalue weighted by Crippen LogP contribution is -2.56. The molecule has 1 saturated heterocycles. The number of rotatable bonds is 0. The zero-order chi connectivity index (χ0) is 18.0. The number of carbonyl (C=O) groups is 1. The van der Waals surface area contributed by atoms with Gasteiger partial charge in [-0.1, -0.05) is 30.3 Å². The molecule has 2 aliphatic rings. The molecule has 1 spiro atoms. The maximum atomic E-state index is 13.2. The lowest BCUT2D eigenvalue weighted by atomic mass is 9.85. The molecule has 0 aromatic heterocycles. The molecule has 0 N–H and O–H groups in total. The van der Waals surface area contributed by atoms with E-state index in [2.05, 4.69) is 0 Å². The molecule has 0 radical (unpaired) electrons. The topological polar surface area (TPSA) is 104 Å². The molecular formula is C16H14O7S2. The SMILES string of the molecule is Cc1ccc2cccc3c2c1CC1(C3=O)S(=O)(=O)OCCOS1(=O)=O. The van der Waals surface area contributed by atoms with E-state index in [0.717, 1.165) is 5.39 Å². The van der Waals surface area contributed by atoms with Crippen molar-refractivity contribution in [2.75, 3.05) is 13.2 Å². The van der Waals surface area contributed by atoms with Crippen LogP contribution in [0.5, 0.6) is 0 Å². The highest BCUT2D eigenvalue weighted by Gasteiger charge is 2.66. The van der Waals surface area contributed by atoms with Gasteiger partial charge >= 0.3 is 0 Å². The molecule has 2 aromatic rings. The maximum Gasteiger partial charge on any atom is 0.298 e. The summed E-state index contributed by atoms with van der Waals surface area (Å²) in [5.41, 5.74) is 1.24. The molecule has 0 bridgehead atoms. The summed E-state index contributed by atoms with van der Waals surface area (Å²) in [6.07, 6.45) is -0.531. The smallest absolute Gasteiger partial charge is 0.291 e. The van der Waals surface area contributed by atoms with E-state index in [0.29, 0.717) is 16.5 Å². The van der Waals surface area contributed by atoms with Gasteiger partial charge in [0.15, 0.2) is 0 Å². The van der Waals surface area contributed by atoms with Crippen LogP contribution in [-0.4, -0.2) is 39.9 Å². The van der Waals surface area contributed by atoms with Crippen molar-refractivity contribution in [1.29, 1.82) is 0 Å². The molecule has 2 aromatic carbocycles. The Morgan fingerprint density at radius 2 is 1.60 bits per heavy atom. The zero-order valence-corrected chi connectivity index (χ0v) is 14.8. The van der Waals surface area contributed by atoms with Crippen LogP contribution in [0.25, 0.3) is 10.8 Å². The zero-order valence-electron chi connectivity index (χ0n) is 13.2. The minimum absolute atomic E-state index is 0.0451. The Morgan fingerprint density at radius 3 is 2.24 bits per heavy atom. The van der Waals surface area contributed by atoms with Gasteiger partial charge in [-0.15, -0.1) is 0 Å². The number of ketones is 1. The van der Waals surface area contributed by atoms with Gasteiger partial charge in [-0.3, -0.25) is 13.2 Å². The van der Waals surface area contributed by atoms with Crippen LogP contribution >= 0.6 is 0 Å². The number of aryl methyl sites for hydroxylation is 1. The monoisotopic (exact) mass is 382 g/mol. The van der Waals surface area contributed by atoms with Crippen molar-refractivity contribution >= 4 is 36.8 Å². The van der Waals surface area contributed by atoms with Crippen molar-refractivity contribution in [2.45, 2.75) is 17.4 Å². The second-order valence-corrected chi connectivity index (χ2v) is 10.0. The molecule has 0 atom stereocenters. The van der Waals surface area contributed by atoms with Gasteiger partial charge < -0.3 is 0 Å². The Kier molecular flexibility index (Phi) is 3.40. The first-order chi connectivity index (χ1) is 11.7. The van der Waals surface area contributed by atoms with Crippen LogP contribution in [-0.2, 0) is 35.0 Å². The highest BCUT2D eigenvalue weighted by atomic mass is 32.3. The molecule has 1 aliphatic carbocycles. The second kappa shape index (κ2) is 5.10. The van der Waals surface area contributed by atoms with E-state index in [1.807, 2.05) is 6.07 Å². The minimum Gasteiger partial charge on any atom is -0.291 e. The van der Waals surface area contributed by atoms with Gasteiger partial charge in [0.1, 0.15) is 0 Å². The summed E-state index contributed by atoms with van der Waals surface area (Å²) in [5, 5.41) is 1.32. The Bertz CT molecular complexity index is 1090. The van der Waals surface area contributed by atoms with Gasteiger partial charge in [-0.25, -0.2) is 0 Å². The lowest BCUT2D eigenvalue weighted by molar-refractivity contribution is 0.0963. The molecule has 0 saturated carbocycles. The predicted molar refractivity (Wildman–Crippen MR) is 89.2 cm³/mol. The fraction of sp³-hybridized carbons (Fsp3) is 0.312. The average molecular weight is 382 g/mol. The highest BCUT2D eigenvalue weighted by Crippen LogP contribution is 2.44. The van der Waals surface area contributed by atoms with Gasteiger partial charge in [0.2, 0.25) is 5.78 Å². The number of hydrogen-bond acceptors (Lipinski definition) is 7. The van der Waals surface area contributed by atoms with Crippen LogP contribution in [0, 0.1) is 6.92 Å². The van der Waals surface area contributed by atoms with Gasteiger partial charge in [0.25, 0.3) is 24.3 Å². The first-order valence-electron chi connectivity index (χ1n) is 7.55. The summed E-state index contributed by atoms with van der Waals surface area (Å²) in [7, 11) is -9.52. The second-order valence-electron chi connectivity index (χ2n) is 6.08. The van der Waals surface area contributed by atoms with Gasteiger partial charge in [-0.05, 0) is 28.8 Å². The van der Waals surface area contributed by atoms with Crippen molar-refractivity contribution in [1.82, 2.24) is 0 Å². The lowest BCUT2D eigenvalue weighted by Gasteiger charge is -2.33. The Hall–Kier alpha value is -1.81. The van der Waals surface area contributed by atoms with E-state index < -0.39 is 49.7 Å². The van der Waals surface area contributed by atoms with Crippen LogP contribution < -0.4 is 0 Å². The van der Waals surface area contributed by atoms with E-state index >= 15 is 0 Å². The molecule has 132 valence electrons. The molecule has 25 heavy (non-hydrogen) atoms. The van der Waals surface area contributed by atoms with Gasteiger partial charge in [-0.2, -0.15) is 16.8 Å². The van der Waals surface area contributed by atoms with Crippen molar-refractivity contribution in [3.05, 3.63) is 47.0 Å². The van der Waals surface area contributed by atoms with Crippen LogP contribution in [0.3, 0.4) is 0 Å². The Balaban J connectivity index is 2.16. The molecule has 7 nitrogen and oxygen atoms in total. The fourth-order valence-corrected chi connectivity index (χ4v) is 7.06. The normalized spacial score (nSPS) is 23.5. The van der Waals surface area contributed by atoms with Crippen LogP contribution in [0.1, 0.15) is 21.5 Å². The summed E-state index contributed by atoms with van der Waals surface area (Å²) >= 11 is 0. The van der Waals surface area contributed by atoms with Crippen molar-refractivity contribution < 1.29 is 30.0 Å². The number of carbonyl (C=O) groups excluding carboxylic acids is 1. The third kappa shape index (κ3) is 2.00. The van der Waals surface area contributed by atoms with Crippen LogP contribution in [0.2, 0.25) is 0 Å². The quantitative estimate of drug-likeness (QED) is 0.632.